The molecule has 5 rings (SSSR count). The lowest BCUT2D eigenvalue weighted by molar-refractivity contribution is -0.00567. The van der Waals surface area contributed by atoms with Gasteiger partial charge in [-0.05, 0) is 25.0 Å². The largest absolute Gasteiger partial charge is 0.377 e. The molecule has 0 spiro atoms. The molecule has 0 bridgehead atoms. The zero-order valence-corrected chi connectivity index (χ0v) is 14.2. The average Bonchev–Trinajstić information content (AvgIpc) is 3.41. The molecule has 1 atom stereocenters. The number of para-hydroxylation sites is 1. The summed E-state index contributed by atoms with van der Waals surface area (Å²) in [5.74, 6) is 0.909. The van der Waals surface area contributed by atoms with Crippen LogP contribution in [0.1, 0.15) is 46.7 Å². The smallest absolute Gasteiger partial charge is 0.255 e. The Morgan fingerprint density at radius 3 is 2.92 bits per heavy atom. The van der Waals surface area contributed by atoms with E-state index in [1.165, 1.54) is 6.39 Å². The van der Waals surface area contributed by atoms with E-state index in [2.05, 4.69) is 10.1 Å². The number of ether oxygens (including phenoxy) is 1. The molecule has 1 aliphatic carbocycles. The Hall–Kier alpha value is -2.80. The van der Waals surface area contributed by atoms with E-state index in [-0.39, 0.29) is 11.9 Å². The van der Waals surface area contributed by atoms with Crippen LogP contribution in [0.2, 0.25) is 0 Å². The molecule has 26 heavy (non-hydrogen) atoms. The highest BCUT2D eigenvalue weighted by molar-refractivity contribution is 6.06. The van der Waals surface area contributed by atoms with Crippen LogP contribution in [-0.2, 0) is 4.74 Å². The molecule has 2 fully saturated rings. The number of benzene rings is 1. The molecule has 0 radical (unpaired) electrons. The third-order valence-electron chi connectivity index (χ3n) is 5.03. The number of carbonyl (C=O) groups is 1. The van der Waals surface area contributed by atoms with E-state index >= 15 is 0 Å². The zero-order chi connectivity index (χ0) is 17.5. The van der Waals surface area contributed by atoms with Crippen LogP contribution in [0.3, 0.4) is 0 Å². The molecular weight excluding hydrogens is 332 g/mol. The number of hydrogen-bond acceptors (Lipinski definition) is 6. The fourth-order valence-corrected chi connectivity index (χ4v) is 3.50. The van der Waals surface area contributed by atoms with Crippen molar-refractivity contribution < 1.29 is 14.1 Å². The van der Waals surface area contributed by atoms with Crippen LogP contribution in [0.4, 0.5) is 0 Å². The molecule has 7 nitrogen and oxygen atoms in total. The van der Waals surface area contributed by atoms with Crippen LogP contribution < -0.4 is 0 Å². The lowest BCUT2D eigenvalue weighted by Crippen LogP contribution is -2.44. The molecule has 132 valence electrons. The summed E-state index contributed by atoms with van der Waals surface area (Å²) in [6, 6.07) is 9.44. The van der Waals surface area contributed by atoms with E-state index in [9.17, 15) is 4.79 Å². The van der Waals surface area contributed by atoms with E-state index in [4.69, 9.17) is 14.2 Å². The molecule has 1 saturated carbocycles. The first-order valence-corrected chi connectivity index (χ1v) is 8.86. The van der Waals surface area contributed by atoms with Gasteiger partial charge in [-0.25, -0.2) is 0 Å². The summed E-state index contributed by atoms with van der Waals surface area (Å²) < 4.78 is 10.4. The first-order chi connectivity index (χ1) is 12.8. The highest BCUT2D eigenvalue weighted by Gasteiger charge is 2.34. The van der Waals surface area contributed by atoms with E-state index in [1.807, 2.05) is 30.3 Å². The minimum Gasteiger partial charge on any atom is -0.377 e. The number of amides is 1. The highest BCUT2D eigenvalue weighted by atomic mass is 16.5. The molecule has 3 aromatic rings. The number of carbonyl (C=O) groups excluding carboxylic acids is 1. The van der Waals surface area contributed by atoms with Gasteiger partial charge in [0, 0.05) is 23.5 Å². The molecule has 0 unspecified atom stereocenters. The highest BCUT2D eigenvalue weighted by Crippen LogP contribution is 2.40. The number of morpholine rings is 1. The Labute approximate surface area is 150 Å². The third-order valence-corrected chi connectivity index (χ3v) is 5.03. The van der Waals surface area contributed by atoms with E-state index in [1.54, 1.807) is 4.90 Å². The van der Waals surface area contributed by atoms with Crippen LogP contribution in [-0.4, -0.2) is 45.7 Å². The number of rotatable bonds is 3. The lowest BCUT2D eigenvalue weighted by Gasteiger charge is -2.34. The van der Waals surface area contributed by atoms with Gasteiger partial charge in [-0.1, -0.05) is 23.4 Å². The Morgan fingerprint density at radius 1 is 1.23 bits per heavy atom. The van der Waals surface area contributed by atoms with Gasteiger partial charge in [-0.15, -0.1) is 0 Å². The first-order valence-electron chi connectivity index (χ1n) is 8.86. The predicted molar refractivity (Wildman–Crippen MR) is 92.6 cm³/mol. The Kier molecular flexibility index (Phi) is 3.67. The lowest BCUT2D eigenvalue weighted by atomic mass is 10.0. The number of hydrogen-bond donors (Lipinski definition) is 0. The predicted octanol–water partition coefficient (Wildman–Crippen LogP) is 2.71. The number of pyridine rings is 1. The molecular formula is C19H18N4O3. The summed E-state index contributed by atoms with van der Waals surface area (Å²) >= 11 is 0. The summed E-state index contributed by atoms with van der Waals surface area (Å²) in [6.45, 7) is 1.36. The maximum atomic E-state index is 13.5. The van der Waals surface area contributed by atoms with Crippen LogP contribution in [0, 0.1) is 0 Å². The summed E-state index contributed by atoms with van der Waals surface area (Å²) in [7, 11) is 0. The van der Waals surface area contributed by atoms with Crippen molar-refractivity contribution in [3.63, 3.8) is 0 Å². The second-order valence-corrected chi connectivity index (χ2v) is 6.76. The monoisotopic (exact) mass is 350 g/mol. The molecule has 2 aromatic heterocycles. The van der Waals surface area contributed by atoms with Crippen molar-refractivity contribution in [2.24, 2.45) is 0 Å². The molecule has 1 aliphatic heterocycles. The number of fused-ring (bicyclic) bond motifs is 1. The zero-order valence-electron chi connectivity index (χ0n) is 14.2. The SMILES string of the molecule is O=C(c1cc(C2CC2)nc2ccccc12)N1CCOC[C@@H]1c1ncon1. The summed E-state index contributed by atoms with van der Waals surface area (Å²) in [6.07, 6.45) is 3.56. The Balaban J connectivity index is 1.58. The van der Waals surface area contributed by atoms with Crippen molar-refractivity contribution in [3.8, 4) is 0 Å². The van der Waals surface area contributed by atoms with Crippen molar-refractivity contribution in [2.75, 3.05) is 19.8 Å². The topological polar surface area (TPSA) is 81.4 Å². The fourth-order valence-electron chi connectivity index (χ4n) is 3.50. The Morgan fingerprint density at radius 2 is 2.12 bits per heavy atom. The van der Waals surface area contributed by atoms with Crippen molar-refractivity contribution in [1.29, 1.82) is 0 Å². The minimum absolute atomic E-state index is 0.0383. The fraction of sp³-hybridized carbons (Fsp3) is 0.368. The van der Waals surface area contributed by atoms with Crippen molar-refractivity contribution >= 4 is 16.8 Å². The normalized spacial score (nSPS) is 20.5. The third kappa shape index (κ3) is 2.64. The minimum atomic E-state index is -0.341. The van der Waals surface area contributed by atoms with Gasteiger partial charge in [0.25, 0.3) is 5.91 Å². The molecule has 2 aliphatic rings. The van der Waals surface area contributed by atoms with Gasteiger partial charge in [-0.3, -0.25) is 9.78 Å². The van der Waals surface area contributed by atoms with Crippen LogP contribution in [0.25, 0.3) is 10.9 Å². The first kappa shape index (κ1) is 15.5. The molecule has 1 amide bonds. The van der Waals surface area contributed by atoms with Crippen molar-refractivity contribution in [1.82, 2.24) is 20.0 Å². The second-order valence-electron chi connectivity index (χ2n) is 6.76. The molecule has 0 N–H and O–H groups in total. The summed E-state index contributed by atoms with van der Waals surface area (Å²) in [5, 5.41) is 4.79. The maximum absolute atomic E-state index is 13.5. The quantitative estimate of drug-likeness (QED) is 0.722. The second kappa shape index (κ2) is 6.17. The van der Waals surface area contributed by atoms with Gasteiger partial charge in [0.1, 0.15) is 6.04 Å². The van der Waals surface area contributed by atoms with Crippen molar-refractivity contribution in [2.45, 2.75) is 24.8 Å². The summed E-state index contributed by atoms with van der Waals surface area (Å²) in [4.78, 5) is 24.1. The van der Waals surface area contributed by atoms with Crippen LogP contribution in [0.15, 0.2) is 41.2 Å². The van der Waals surface area contributed by atoms with Gasteiger partial charge in [-0.2, -0.15) is 4.98 Å². The van der Waals surface area contributed by atoms with Gasteiger partial charge in [0.15, 0.2) is 5.82 Å². The van der Waals surface area contributed by atoms with Crippen LogP contribution >= 0.6 is 0 Å². The maximum Gasteiger partial charge on any atom is 0.255 e. The molecule has 7 heteroatoms. The number of nitrogens with zero attached hydrogens (tertiary/aromatic N) is 4. The van der Waals surface area contributed by atoms with Gasteiger partial charge in [0.05, 0.1) is 24.3 Å². The van der Waals surface area contributed by atoms with E-state index < -0.39 is 0 Å². The van der Waals surface area contributed by atoms with Crippen molar-refractivity contribution in [3.05, 3.63) is 53.8 Å². The number of aromatic nitrogens is 3. The average molecular weight is 350 g/mol. The van der Waals surface area contributed by atoms with Gasteiger partial charge >= 0.3 is 0 Å². The standard InChI is InChI=1S/C19H18N4O3/c24-19(23-7-8-25-10-17(23)18-20-11-26-22-18)14-9-16(12-5-6-12)21-15-4-2-1-3-13(14)15/h1-4,9,11-12,17H,5-8,10H2/t17-/m1/s1. The molecule has 1 saturated heterocycles. The van der Waals surface area contributed by atoms with E-state index in [0.717, 1.165) is 29.4 Å². The van der Waals surface area contributed by atoms with E-state index in [0.29, 0.717) is 37.1 Å². The van der Waals surface area contributed by atoms with Crippen LogP contribution in [0.5, 0.6) is 0 Å². The summed E-state index contributed by atoms with van der Waals surface area (Å²) in [5.41, 5.74) is 2.56. The molecule has 3 heterocycles. The Bertz CT molecular complexity index is 953. The molecule has 1 aromatic carbocycles. The van der Waals surface area contributed by atoms with Gasteiger partial charge in [0.2, 0.25) is 6.39 Å². The van der Waals surface area contributed by atoms with Gasteiger partial charge < -0.3 is 14.2 Å².